The Bertz CT molecular complexity index is 1040. The highest BCUT2D eigenvalue weighted by atomic mass is 32.2. The van der Waals surface area contributed by atoms with Gasteiger partial charge >= 0.3 is 0 Å². The smallest absolute Gasteiger partial charge is 0.296 e. The largest absolute Gasteiger partial charge is 0.340 e. The SMILES string of the molecule is CN(C)S(=O)(=O)c1cccc(-c2cnc3[nH]cc([N+](=O)[O-])c3c2)c1. The first kappa shape index (κ1) is 16.1. The first-order chi connectivity index (χ1) is 11.3. The molecule has 2 aromatic heterocycles. The van der Waals surface area contributed by atoms with Gasteiger partial charge < -0.3 is 4.98 Å². The highest BCUT2D eigenvalue weighted by molar-refractivity contribution is 7.89. The third-order valence-corrected chi connectivity index (χ3v) is 5.46. The van der Waals surface area contributed by atoms with Crippen LogP contribution in [0.5, 0.6) is 0 Å². The number of pyridine rings is 1. The molecule has 24 heavy (non-hydrogen) atoms. The van der Waals surface area contributed by atoms with E-state index in [2.05, 4.69) is 9.97 Å². The van der Waals surface area contributed by atoms with Crippen LogP contribution < -0.4 is 0 Å². The lowest BCUT2D eigenvalue weighted by atomic mass is 10.1. The molecule has 124 valence electrons. The molecule has 2 heterocycles. The summed E-state index contributed by atoms with van der Waals surface area (Å²) in [5.41, 5.74) is 1.54. The minimum absolute atomic E-state index is 0.0728. The molecular formula is C15H14N4O4S. The number of rotatable bonds is 4. The summed E-state index contributed by atoms with van der Waals surface area (Å²) >= 11 is 0. The van der Waals surface area contributed by atoms with Gasteiger partial charge in [-0.2, -0.15) is 0 Å². The molecule has 0 bridgehead atoms. The molecule has 0 fully saturated rings. The average molecular weight is 346 g/mol. The van der Waals surface area contributed by atoms with E-state index in [9.17, 15) is 18.5 Å². The zero-order chi connectivity index (χ0) is 17.5. The van der Waals surface area contributed by atoms with Crippen molar-refractivity contribution in [3.05, 3.63) is 52.8 Å². The second-order valence-corrected chi connectivity index (χ2v) is 7.52. The fourth-order valence-corrected chi connectivity index (χ4v) is 3.29. The van der Waals surface area contributed by atoms with E-state index in [1.54, 1.807) is 24.4 Å². The lowest BCUT2D eigenvalue weighted by Gasteiger charge is -2.12. The number of aromatic nitrogens is 2. The zero-order valence-electron chi connectivity index (χ0n) is 12.9. The number of hydrogen-bond donors (Lipinski definition) is 1. The van der Waals surface area contributed by atoms with Gasteiger partial charge in [-0.1, -0.05) is 12.1 Å². The van der Waals surface area contributed by atoms with Crippen LogP contribution in [0.3, 0.4) is 0 Å². The van der Waals surface area contributed by atoms with E-state index in [1.165, 1.54) is 32.4 Å². The van der Waals surface area contributed by atoms with E-state index in [4.69, 9.17) is 0 Å². The number of benzene rings is 1. The van der Waals surface area contributed by atoms with E-state index in [0.29, 0.717) is 22.2 Å². The molecule has 0 aliphatic heterocycles. The fourth-order valence-electron chi connectivity index (χ4n) is 2.35. The molecule has 0 unspecified atom stereocenters. The Hall–Kier alpha value is -2.78. The highest BCUT2D eigenvalue weighted by Gasteiger charge is 2.19. The normalized spacial score (nSPS) is 12.0. The average Bonchev–Trinajstić information content (AvgIpc) is 2.98. The van der Waals surface area contributed by atoms with Crippen LogP contribution in [0.1, 0.15) is 0 Å². The van der Waals surface area contributed by atoms with Crippen LogP contribution in [-0.2, 0) is 10.0 Å². The summed E-state index contributed by atoms with van der Waals surface area (Å²) in [5.74, 6) is 0. The number of sulfonamides is 1. The first-order valence-corrected chi connectivity index (χ1v) is 8.39. The van der Waals surface area contributed by atoms with Gasteiger partial charge in [0, 0.05) is 25.9 Å². The molecule has 3 rings (SSSR count). The van der Waals surface area contributed by atoms with Crippen LogP contribution in [0, 0.1) is 10.1 Å². The van der Waals surface area contributed by atoms with Crippen LogP contribution in [0.2, 0.25) is 0 Å². The number of nitrogens with one attached hydrogen (secondary N) is 1. The summed E-state index contributed by atoms with van der Waals surface area (Å²) in [6, 6.07) is 8.01. The fraction of sp³-hybridized carbons (Fsp3) is 0.133. The van der Waals surface area contributed by atoms with Crippen molar-refractivity contribution in [2.45, 2.75) is 4.90 Å². The minimum Gasteiger partial charge on any atom is -0.340 e. The van der Waals surface area contributed by atoms with Gasteiger partial charge in [-0.15, -0.1) is 0 Å². The molecule has 0 atom stereocenters. The summed E-state index contributed by atoms with van der Waals surface area (Å²) in [5, 5.41) is 11.4. The Morgan fingerprint density at radius 2 is 1.96 bits per heavy atom. The van der Waals surface area contributed by atoms with Crippen molar-refractivity contribution >= 4 is 26.7 Å². The van der Waals surface area contributed by atoms with Crippen molar-refractivity contribution < 1.29 is 13.3 Å². The highest BCUT2D eigenvalue weighted by Crippen LogP contribution is 2.29. The Morgan fingerprint density at radius 1 is 1.21 bits per heavy atom. The van der Waals surface area contributed by atoms with Crippen LogP contribution in [0.15, 0.2) is 47.6 Å². The predicted molar refractivity (Wildman–Crippen MR) is 89.1 cm³/mol. The van der Waals surface area contributed by atoms with Crippen molar-refractivity contribution in [1.82, 2.24) is 14.3 Å². The summed E-state index contributed by atoms with van der Waals surface area (Å²) in [6.45, 7) is 0. The molecule has 0 amide bonds. The molecule has 0 aliphatic rings. The third kappa shape index (κ3) is 2.63. The number of nitro groups is 1. The second kappa shape index (κ2) is 5.69. The molecule has 3 aromatic rings. The molecular weight excluding hydrogens is 332 g/mol. The standard InChI is InChI=1S/C15H14N4O4S/c1-18(2)24(22,23)12-5-3-4-10(6-12)11-7-13-14(19(20)21)9-17-15(13)16-8-11/h3-9H,1-2H3,(H,16,17). The minimum atomic E-state index is -3.56. The van der Waals surface area contributed by atoms with E-state index in [-0.39, 0.29) is 10.6 Å². The quantitative estimate of drug-likeness (QED) is 0.576. The molecule has 1 N–H and O–H groups in total. The van der Waals surface area contributed by atoms with E-state index < -0.39 is 14.9 Å². The Kier molecular flexibility index (Phi) is 3.82. The lowest BCUT2D eigenvalue weighted by Crippen LogP contribution is -2.22. The number of H-pyrrole nitrogens is 1. The van der Waals surface area contributed by atoms with Crippen molar-refractivity contribution in [2.24, 2.45) is 0 Å². The molecule has 0 saturated heterocycles. The molecule has 0 aliphatic carbocycles. The number of hydrogen-bond acceptors (Lipinski definition) is 5. The Morgan fingerprint density at radius 3 is 2.62 bits per heavy atom. The van der Waals surface area contributed by atoms with E-state index >= 15 is 0 Å². The molecule has 9 heteroatoms. The number of fused-ring (bicyclic) bond motifs is 1. The maximum Gasteiger partial charge on any atom is 0.296 e. The summed E-state index contributed by atoms with van der Waals surface area (Å²) < 4.78 is 25.6. The van der Waals surface area contributed by atoms with Gasteiger partial charge in [-0.25, -0.2) is 17.7 Å². The number of nitrogens with zero attached hydrogens (tertiary/aromatic N) is 3. The monoisotopic (exact) mass is 346 g/mol. The molecule has 0 radical (unpaired) electrons. The molecule has 0 saturated carbocycles. The summed E-state index contributed by atoms with van der Waals surface area (Å²) in [4.78, 5) is 17.6. The van der Waals surface area contributed by atoms with Crippen LogP contribution >= 0.6 is 0 Å². The van der Waals surface area contributed by atoms with E-state index in [1.807, 2.05) is 0 Å². The predicted octanol–water partition coefficient (Wildman–Crippen LogP) is 2.39. The third-order valence-electron chi connectivity index (χ3n) is 3.65. The van der Waals surface area contributed by atoms with Gasteiger partial charge in [0.1, 0.15) is 5.65 Å². The lowest BCUT2D eigenvalue weighted by molar-refractivity contribution is -0.383. The summed E-state index contributed by atoms with van der Waals surface area (Å²) in [7, 11) is -0.648. The molecule has 0 spiro atoms. The Labute approximate surface area is 138 Å². The number of aromatic amines is 1. The van der Waals surface area contributed by atoms with Gasteiger partial charge in [-0.3, -0.25) is 10.1 Å². The maximum absolute atomic E-state index is 12.2. The van der Waals surface area contributed by atoms with Crippen molar-refractivity contribution in [3.63, 3.8) is 0 Å². The topological polar surface area (TPSA) is 109 Å². The van der Waals surface area contributed by atoms with Gasteiger partial charge in [0.05, 0.1) is 21.4 Å². The van der Waals surface area contributed by atoms with E-state index in [0.717, 1.165) is 4.31 Å². The van der Waals surface area contributed by atoms with Gasteiger partial charge in [0.2, 0.25) is 10.0 Å². The van der Waals surface area contributed by atoms with Crippen LogP contribution in [0.4, 0.5) is 5.69 Å². The maximum atomic E-state index is 12.2. The molecule has 1 aromatic carbocycles. The second-order valence-electron chi connectivity index (χ2n) is 5.37. The van der Waals surface area contributed by atoms with Gasteiger partial charge in [0.25, 0.3) is 5.69 Å². The molecule has 8 nitrogen and oxygen atoms in total. The van der Waals surface area contributed by atoms with Crippen molar-refractivity contribution in [3.8, 4) is 11.1 Å². The van der Waals surface area contributed by atoms with Crippen molar-refractivity contribution in [2.75, 3.05) is 14.1 Å². The van der Waals surface area contributed by atoms with Gasteiger partial charge in [-0.05, 0) is 23.8 Å². The van der Waals surface area contributed by atoms with Crippen molar-refractivity contribution in [1.29, 1.82) is 0 Å². The van der Waals surface area contributed by atoms with Gasteiger partial charge in [0.15, 0.2) is 0 Å². The summed E-state index contributed by atoms with van der Waals surface area (Å²) in [6.07, 6.45) is 2.83. The Balaban J connectivity index is 2.14. The van der Waals surface area contributed by atoms with Crippen LogP contribution in [0.25, 0.3) is 22.2 Å². The first-order valence-electron chi connectivity index (χ1n) is 6.95. The van der Waals surface area contributed by atoms with Crippen LogP contribution in [-0.4, -0.2) is 41.7 Å². The zero-order valence-corrected chi connectivity index (χ0v) is 13.7.